The summed E-state index contributed by atoms with van der Waals surface area (Å²) in [5, 5.41) is 0. The molecule has 0 fully saturated rings. The van der Waals surface area contributed by atoms with Crippen molar-refractivity contribution in [3.8, 4) is 0 Å². The molecule has 1 amide bonds. The summed E-state index contributed by atoms with van der Waals surface area (Å²) in [7, 11) is -3.96. The Balaban J connectivity index is 4.55. The zero-order chi connectivity index (χ0) is 13.7. The predicted molar refractivity (Wildman–Crippen MR) is 64.6 cm³/mol. The largest absolute Gasteiger partial charge is 0.446 e. The molecule has 102 valence electrons. The Kier molecular flexibility index (Phi) is 5.86. The van der Waals surface area contributed by atoms with Gasteiger partial charge in [0.25, 0.3) is 0 Å². The van der Waals surface area contributed by atoms with Gasteiger partial charge in [-0.3, -0.25) is 0 Å². The number of ether oxygens (including phenoxy) is 1. The molecule has 0 aromatic heterocycles. The topological polar surface area (TPSA) is 111 Å². The van der Waals surface area contributed by atoms with E-state index in [9.17, 15) is 13.2 Å². The normalized spacial score (nSPS) is 15.4. The lowest BCUT2D eigenvalue weighted by atomic mass is 10.0. The molecule has 0 aliphatic heterocycles. The average Bonchev–Trinajstić information content (AvgIpc) is 2.14. The van der Waals surface area contributed by atoms with Crippen LogP contribution in [0.1, 0.15) is 34.1 Å². The molecule has 1 unspecified atom stereocenters. The van der Waals surface area contributed by atoms with Gasteiger partial charge < -0.3 is 10.5 Å². The van der Waals surface area contributed by atoms with Crippen LogP contribution in [0.4, 0.5) is 4.79 Å². The van der Waals surface area contributed by atoms with Crippen LogP contribution in [0, 0.1) is 0 Å². The number of hydrogen-bond acceptors (Lipinski definition) is 5. The summed E-state index contributed by atoms with van der Waals surface area (Å²) in [5.74, 6) is 0. The van der Waals surface area contributed by atoms with Gasteiger partial charge in [0, 0.05) is 12.1 Å². The molecular weight excluding hydrogens is 246 g/mol. The molecular formula is C9H21N3O4S. The molecule has 0 aromatic rings. The zero-order valence-corrected chi connectivity index (χ0v) is 11.4. The van der Waals surface area contributed by atoms with Crippen LogP contribution in [0.15, 0.2) is 0 Å². The maximum Gasteiger partial charge on any atom is 0.422 e. The summed E-state index contributed by atoms with van der Waals surface area (Å²) in [6.07, 6.45) is -0.899. The van der Waals surface area contributed by atoms with E-state index < -0.39 is 27.9 Å². The molecule has 0 rings (SSSR count). The van der Waals surface area contributed by atoms with Gasteiger partial charge in [-0.25, -0.2) is 9.52 Å². The summed E-state index contributed by atoms with van der Waals surface area (Å²) in [6, 6.07) is 0. The van der Waals surface area contributed by atoms with Crippen LogP contribution in [-0.4, -0.2) is 32.7 Å². The van der Waals surface area contributed by atoms with Crippen molar-refractivity contribution in [2.75, 3.05) is 6.54 Å². The Hall–Kier alpha value is -0.860. The Bertz CT molecular complexity index is 349. The van der Waals surface area contributed by atoms with E-state index in [1.54, 1.807) is 32.4 Å². The van der Waals surface area contributed by atoms with E-state index in [2.05, 4.69) is 9.46 Å². The molecule has 0 aliphatic rings. The second kappa shape index (κ2) is 6.18. The van der Waals surface area contributed by atoms with E-state index in [0.717, 1.165) is 0 Å². The molecule has 0 saturated heterocycles. The van der Waals surface area contributed by atoms with Gasteiger partial charge in [0.2, 0.25) is 0 Å². The molecule has 0 aliphatic carbocycles. The summed E-state index contributed by atoms with van der Waals surface area (Å²) in [5.41, 5.74) is 4.68. The second-order valence-electron chi connectivity index (χ2n) is 4.28. The van der Waals surface area contributed by atoms with Crippen LogP contribution in [-0.2, 0) is 14.9 Å². The average molecular weight is 267 g/mol. The summed E-state index contributed by atoms with van der Waals surface area (Å²) < 4.78 is 31.9. The standard InChI is InChI=1S/C9H21N3O4S/c1-5-9(4,6-10)12-17(14,15)11-8(13)16-7(2)3/h7,12H,5-6,10H2,1-4H3,(H,11,13). The van der Waals surface area contributed by atoms with Gasteiger partial charge in [-0.2, -0.15) is 13.1 Å². The lowest BCUT2D eigenvalue weighted by Gasteiger charge is -2.27. The first-order chi connectivity index (χ1) is 7.64. The third-order valence-electron chi connectivity index (χ3n) is 2.17. The minimum atomic E-state index is -3.96. The van der Waals surface area contributed by atoms with E-state index >= 15 is 0 Å². The number of hydrogen-bond donors (Lipinski definition) is 3. The van der Waals surface area contributed by atoms with E-state index in [1.807, 2.05) is 0 Å². The molecule has 17 heavy (non-hydrogen) atoms. The molecule has 0 radical (unpaired) electrons. The lowest BCUT2D eigenvalue weighted by molar-refractivity contribution is 0.121. The second-order valence-corrected chi connectivity index (χ2v) is 5.70. The van der Waals surface area contributed by atoms with Gasteiger partial charge in [-0.05, 0) is 27.2 Å². The molecule has 7 nitrogen and oxygen atoms in total. The van der Waals surface area contributed by atoms with Gasteiger partial charge in [0.1, 0.15) is 0 Å². The van der Waals surface area contributed by atoms with Crippen molar-refractivity contribution in [1.29, 1.82) is 0 Å². The summed E-state index contributed by atoms with van der Waals surface area (Å²) in [6.45, 7) is 6.82. The Morgan fingerprint density at radius 3 is 2.35 bits per heavy atom. The Labute approximate surface area is 102 Å². The quantitative estimate of drug-likeness (QED) is 0.631. The minimum absolute atomic E-state index is 0.129. The SMILES string of the molecule is CCC(C)(CN)NS(=O)(=O)NC(=O)OC(C)C. The van der Waals surface area contributed by atoms with Crippen LogP contribution < -0.4 is 15.2 Å². The maximum atomic E-state index is 11.6. The van der Waals surface area contributed by atoms with Crippen LogP contribution in [0.25, 0.3) is 0 Å². The fourth-order valence-electron chi connectivity index (χ4n) is 0.956. The van der Waals surface area contributed by atoms with Crippen LogP contribution in [0.2, 0.25) is 0 Å². The van der Waals surface area contributed by atoms with Crippen molar-refractivity contribution in [3.05, 3.63) is 0 Å². The highest BCUT2D eigenvalue weighted by Gasteiger charge is 2.28. The first kappa shape index (κ1) is 16.1. The van der Waals surface area contributed by atoms with Gasteiger partial charge in [0.15, 0.2) is 0 Å². The molecule has 0 saturated carbocycles. The third-order valence-corrected chi connectivity index (χ3v) is 3.37. The maximum absolute atomic E-state index is 11.6. The van der Waals surface area contributed by atoms with Gasteiger partial charge in [-0.15, -0.1) is 0 Å². The fourth-order valence-corrected chi connectivity index (χ4v) is 2.15. The number of amides is 1. The lowest BCUT2D eigenvalue weighted by Crippen LogP contribution is -2.55. The van der Waals surface area contributed by atoms with Crippen molar-refractivity contribution in [2.24, 2.45) is 5.73 Å². The number of carbonyl (C=O) groups is 1. The molecule has 4 N–H and O–H groups in total. The smallest absolute Gasteiger partial charge is 0.422 e. The number of nitrogens with two attached hydrogens (primary N) is 1. The van der Waals surface area contributed by atoms with E-state index in [-0.39, 0.29) is 6.54 Å². The summed E-state index contributed by atoms with van der Waals surface area (Å²) in [4.78, 5) is 11.1. The molecule has 0 heterocycles. The fraction of sp³-hybridized carbons (Fsp3) is 0.889. The Morgan fingerprint density at radius 2 is 2.00 bits per heavy atom. The molecule has 1 atom stereocenters. The van der Waals surface area contributed by atoms with Gasteiger partial charge in [-0.1, -0.05) is 6.92 Å². The van der Waals surface area contributed by atoms with Crippen LogP contribution >= 0.6 is 0 Å². The van der Waals surface area contributed by atoms with E-state index in [0.29, 0.717) is 6.42 Å². The summed E-state index contributed by atoms with van der Waals surface area (Å²) >= 11 is 0. The van der Waals surface area contributed by atoms with Crippen molar-refractivity contribution in [2.45, 2.75) is 45.8 Å². The molecule has 8 heteroatoms. The first-order valence-corrected chi connectivity index (χ1v) is 6.85. The number of rotatable bonds is 6. The zero-order valence-electron chi connectivity index (χ0n) is 10.6. The van der Waals surface area contributed by atoms with Crippen molar-refractivity contribution in [1.82, 2.24) is 9.44 Å². The highest BCUT2D eigenvalue weighted by atomic mass is 32.2. The van der Waals surface area contributed by atoms with Gasteiger partial charge >= 0.3 is 16.3 Å². The molecule has 0 spiro atoms. The monoisotopic (exact) mass is 267 g/mol. The number of carbonyl (C=O) groups excluding carboxylic acids is 1. The Morgan fingerprint density at radius 1 is 1.47 bits per heavy atom. The third kappa shape index (κ3) is 6.44. The number of nitrogens with one attached hydrogen (secondary N) is 2. The van der Waals surface area contributed by atoms with Crippen molar-refractivity contribution in [3.63, 3.8) is 0 Å². The highest BCUT2D eigenvalue weighted by Crippen LogP contribution is 2.07. The molecule has 0 bridgehead atoms. The van der Waals surface area contributed by atoms with Crippen LogP contribution in [0.5, 0.6) is 0 Å². The first-order valence-electron chi connectivity index (χ1n) is 5.36. The minimum Gasteiger partial charge on any atom is -0.446 e. The highest BCUT2D eigenvalue weighted by molar-refractivity contribution is 7.88. The van der Waals surface area contributed by atoms with E-state index in [1.165, 1.54) is 0 Å². The van der Waals surface area contributed by atoms with Crippen LogP contribution in [0.3, 0.4) is 0 Å². The molecule has 0 aromatic carbocycles. The van der Waals surface area contributed by atoms with E-state index in [4.69, 9.17) is 5.73 Å². The van der Waals surface area contributed by atoms with Crippen molar-refractivity contribution < 1.29 is 17.9 Å². The van der Waals surface area contributed by atoms with Crippen molar-refractivity contribution >= 4 is 16.3 Å². The van der Waals surface area contributed by atoms with Gasteiger partial charge in [0.05, 0.1) is 6.10 Å². The predicted octanol–water partition coefficient (Wildman–Crippen LogP) is 0.0828.